The summed E-state index contributed by atoms with van der Waals surface area (Å²) in [5.74, 6) is -0.876. The molecule has 1 heterocycles. The molecule has 1 N–H and O–H groups in total. The first-order valence-corrected chi connectivity index (χ1v) is 7.45. The first-order chi connectivity index (χ1) is 9.99. The zero-order valence-electron chi connectivity index (χ0n) is 11.6. The molecule has 1 aromatic carbocycles. The summed E-state index contributed by atoms with van der Waals surface area (Å²) in [6, 6.07) is 6.90. The Morgan fingerprint density at radius 3 is 2.81 bits per heavy atom. The van der Waals surface area contributed by atoms with Gasteiger partial charge < -0.3 is 9.52 Å². The molecule has 0 radical (unpaired) electrons. The Balaban J connectivity index is 2.40. The van der Waals surface area contributed by atoms with Gasteiger partial charge in [-0.2, -0.15) is 0 Å². The SMILES string of the molecule is CCCN(CC(=O)O)Cc1cc(=O)oc2cc(Br)ccc12. The van der Waals surface area contributed by atoms with Gasteiger partial charge >= 0.3 is 11.6 Å². The fourth-order valence-corrected chi connectivity index (χ4v) is 2.64. The highest BCUT2D eigenvalue weighted by Gasteiger charge is 2.13. The lowest BCUT2D eigenvalue weighted by atomic mass is 10.1. The number of fused-ring (bicyclic) bond motifs is 1. The minimum absolute atomic E-state index is 0.0495. The zero-order valence-corrected chi connectivity index (χ0v) is 13.2. The molecule has 21 heavy (non-hydrogen) atoms. The molecule has 6 heteroatoms. The smallest absolute Gasteiger partial charge is 0.336 e. The standard InChI is InChI=1S/C15H16BrNO4/c1-2-5-17(9-14(18)19)8-10-6-15(20)21-13-7-11(16)3-4-12(10)13/h3-4,6-7H,2,5,8-9H2,1H3,(H,18,19). The molecule has 0 bridgehead atoms. The number of hydrogen-bond donors (Lipinski definition) is 1. The van der Waals surface area contributed by atoms with Gasteiger partial charge in [0.2, 0.25) is 0 Å². The summed E-state index contributed by atoms with van der Waals surface area (Å²) < 4.78 is 6.01. The van der Waals surface area contributed by atoms with Crippen LogP contribution in [0.3, 0.4) is 0 Å². The number of hydrogen-bond acceptors (Lipinski definition) is 4. The fraction of sp³-hybridized carbons (Fsp3) is 0.333. The van der Waals surface area contributed by atoms with Crippen LogP contribution in [0.1, 0.15) is 18.9 Å². The molecule has 0 aliphatic rings. The second-order valence-electron chi connectivity index (χ2n) is 4.84. The number of nitrogens with zero attached hydrogens (tertiary/aromatic N) is 1. The third kappa shape index (κ3) is 4.15. The Kier molecular flexibility index (Phi) is 5.14. The highest BCUT2D eigenvalue weighted by Crippen LogP contribution is 2.22. The van der Waals surface area contributed by atoms with E-state index in [0.29, 0.717) is 18.7 Å². The van der Waals surface area contributed by atoms with Gasteiger partial charge in [0.05, 0.1) is 6.54 Å². The largest absolute Gasteiger partial charge is 0.480 e. The Labute approximate surface area is 130 Å². The molecule has 5 nitrogen and oxygen atoms in total. The second kappa shape index (κ2) is 6.87. The Hall–Kier alpha value is -1.66. The van der Waals surface area contributed by atoms with Gasteiger partial charge in [-0.15, -0.1) is 0 Å². The summed E-state index contributed by atoms with van der Waals surface area (Å²) in [6.07, 6.45) is 0.845. The Morgan fingerprint density at radius 2 is 2.14 bits per heavy atom. The first-order valence-electron chi connectivity index (χ1n) is 6.66. The maximum absolute atomic E-state index is 11.7. The average molecular weight is 354 g/mol. The molecule has 0 fully saturated rings. The van der Waals surface area contributed by atoms with Crippen LogP contribution in [0.25, 0.3) is 11.0 Å². The van der Waals surface area contributed by atoms with Crippen LogP contribution < -0.4 is 5.63 Å². The molecule has 0 saturated heterocycles. The second-order valence-corrected chi connectivity index (χ2v) is 5.75. The number of carboxylic acids is 1. The lowest BCUT2D eigenvalue weighted by Crippen LogP contribution is -2.30. The molecular formula is C15H16BrNO4. The van der Waals surface area contributed by atoms with Crippen molar-refractivity contribution in [1.29, 1.82) is 0 Å². The van der Waals surface area contributed by atoms with E-state index < -0.39 is 11.6 Å². The summed E-state index contributed by atoms with van der Waals surface area (Å²) in [5, 5.41) is 9.79. The molecule has 1 aromatic heterocycles. The van der Waals surface area contributed by atoms with Crippen molar-refractivity contribution in [2.75, 3.05) is 13.1 Å². The van der Waals surface area contributed by atoms with E-state index >= 15 is 0 Å². The summed E-state index contributed by atoms with van der Waals surface area (Å²) in [4.78, 5) is 24.4. The van der Waals surface area contributed by atoms with E-state index in [9.17, 15) is 9.59 Å². The average Bonchev–Trinajstić information content (AvgIpc) is 2.37. The fourth-order valence-electron chi connectivity index (χ4n) is 2.30. The van der Waals surface area contributed by atoms with Gasteiger partial charge in [0.25, 0.3) is 0 Å². The molecular weight excluding hydrogens is 338 g/mol. The highest BCUT2D eigenvalue weighted by atomic mass is 79.9. The molecule has 0 aliphatic carbocycles. The van der Waals surface area contributed by atoms with E-state index in [0.717, 1.165) is 21.8 Å². The topological polar surface area (TPSA) is 70.8 Å². The van der Waals surface area contributed by atoms with Crippen LogP contribution >= 0.6 is 15.9 Å². The van der Waals surface area contributed by atoms with Crippen molar-refractivity contribution in [3.05, 3.63) is 44.7 Å². The van der Waals surface area contributed by atoms with Crippen molar-refractivity contribution in [3.8, 4) is 0 Å². The minimum Gasteiger partial charge on any atom is -0.480 e. The number of aliphatic carboxylic acids is 1. The summed E-state index contributed by atoms with van der Waals surface area (Å²) in [5.41, 5.74) is 0.851. The van der Waals surface area contributed by atoms with Crippen molar-refractivity contribution in [1.82, 2.24) is 4.90 Å². The quantitative estimate of drug-likeness (QED) is 0.808. The van der Waals surface area contributed by atoms with Gasteiger partial charge in [0.15, 0.2) is 0 Å². The van der Waals surface area contributed by atoms with E-state index in [1.165, 1.54) is 6.07 Å². The third-order valence-corrected chi connectivity index (χ3v) is 3.58. The van der Waals surface area contributed by atoms with Gasteiger partial charge in [-0.1, -0.05) is 22.9 Å². The molecule has 112 valence electrons. The van der Waals surface area contributed by atoms with Crippen LogP contribution in [0, 0.1) is 0 Å². The van der Waals surface area contributed by atoms with Crippen LogP contribution in [-0.4, -0.2) is 29.1 Å². The predicted octanol–water partition coefficient (Wildman–Crippen LogP) is 2.85. The Bertz CT molecular complexity index is 710. The van der Waals surface area contributed by atoms with Gasteiger partial charge in [-0.25, -0.2) is 4.79 Å². The van der Waals surface area contributed by atoms with Crippen LogP contribution in [0.2, 0.25) is 0 Å². The minimum atomic E-state index is -0.876. The monoisotopic (exact) mass is 353 g/mol. The summed E-state index contributed by atoms with van der Waals surface area (Å²) in [7, 11) is 0. The highest BCUT2D eigenvalue weighted by molar-refractivity contribution is 9.10. The third-order valence-electron chi connectivity index (χ3n) is 3.08. The normalized spacial score (nSPS) is 11.2. The van der Waals surface area contributed by atoms with Crippen molar-refractivity contribution < 1.29 is 14.3 Å². The van der Waals surface area contributed by atoms with Crippen LogP contribution in [0.15, 0.2) is 37.9 Å². The van der Waals surface area contributed by atoms with Gasteiger partial charge in [-0.05, 0) is 36.7 Å². The number of rotatable bonds is 6. The molecule has 0 saturated carbocycles. The van der Waals surface area contributed by atoms with Crippen molar-refractivity contribution in [2.24, 2.45) is 0 Å². The Morgan fingerprint density at radius 1 is 1.38 bits per heavy atom. The van der Waals surface area contributed by atoms with E-state index in [1.807, 2.05) is 19.1 Å². The van der Waals surface area contributed by atoms with Crippen LogP contribution in [0.5, 0.6) is 0 Å². The van der Waals surface area contributed by atoms with E-state index in [1.54, 1.807) is 11.0 Å². The number of carboxylic acid groups (broad SMARTS) is 1. The van der Waals surface area contributed by atoms with Gasteiger partial charge in [0, 0.05) is 22.5 Å². The summed E-state index contributed by atoms with van der Waals surface area (Å²) >= 11 is 3.34. The molecule has 0 spiro atoms. The molecule has 0 amide bonds. The maximum atomic E-state index is 11.7. The lowest BCUT2D eigenvalue weighted by Gasteiger charge is -2.20. The lowest BCUT2D eigenvalue weighted by molar-refractivity contribution is -0.138. The molecule has 0 unspecified atom stereocenters. The molecule has 2 rings (SSSR count). The van der Waals surface area contributed by atoms with E-state index in [2.05, 4.69) is 15.9 Å². The summed E-state index contributed by atoms with van der Waals surface area (Å²) in [6.45, 7) is 3.00. The van der Waals surface area contributed by atoms with E-state index in [-0.39, 0.29) is 6.54 Å². The van der Waals surface area contributed by atoms with Crippen molar-refractivity contribution in [3.63, 3.8) is 0 Å². The van der Waals surface area contributed by atoms with E-state index in [4.69, 9.17) is 9.52 Å². The van der Waals surface area contributed by atoms with Gasteiger partial charge in [0.1, 0.15) is 5.58 Å². The van der Waals surface area contributed by atoms with Crippen LogP contribution in [0.4, 0.5) is 0 Å². The number of benzene rings is 1. The van der Waals surface area contributed by atoms with Crippen molar-refractivity contribution >= 4 is 32.9 Å². The van der Waals surface area contributed by atoms with Crippen LogP contribution in [-0.2, 0) is 11.3 Å². The molecule has 0 aliphatic heterocycles. The molecule has 2 aromatic rings. The predicted molar refractivity (Wildman–Crippen MR) is 83.4 cm³/mol. The molecule has 0 atom stereocenters. The van der Waals surface area contributed by atoms with Crippen molar-refractivity contribution in [2.45, 2.75) is 19.9 Å². The maximum Gasteiger partial charge on any atom is 0.336 e. The van der Waals surface area contributed by atoms with Gasteiger partial charge in [-0.3, -0.25) is 9.69 Å². The first kappa shape index (κ1) is 15.7. The number of halogens is 1. The zero-order chi connectivity index (χ0) is 15.4. The number of carbonyl (C=O) groups is 1.